The summed E-state index contributed by atoms with van der Waals surface area (Å²) in [7, 11) is 3.07. The number of ether oxygens (including phenoxy) is 2. The Balaban J connectivity index is 2.10. The molecule has 138 valence electrons. The fraction of sp³-hybridized carbons (Fsp3) is 0.300. The number of rotatable bonds is 6. The van der Waals surface area contributed by atoms with Gasteiger partial charge in [0.15, 0.2) is 16.6 Å². The van der Waals surface area contributed by atoms with Gasteiger partial charge in [-0.2, -0.15) is 0 Å². The monoisotopic (exact) mass is 372 g/mol. The van der Waals surface area contributed by atoms with Crippen LogP contribution in [0.5, 0.6) is 11.5 Å². The molecule has 5 nitrogen and oxygen atoms in total. The minimum atomic E-state index is -0.315. The third-order valence-electron chi connectivity index (χ3n) is 4.23. The molecule has 0 radical (unpaired) electrons. The Morgan fingerprint density at radius 1 is 1.12 bits per heavy atom. The molecule has 0 spiro atoms. The highest BCUT2D eigenvalue weighted by Gasteiger charge is 2.14. The van der Waals surface area contributed by atoms with Crippen molar-refractivity contribution in [3.8, 4) is 11.5 Å². The van der Waals surface area contributed by atoms with Crippen LogP contribution in [0.1, 0.15) is 42.1 Å². The molecule has 0 aromatic heterocycles. The molecule has 1 amide bonds. The second kappa shape index (κ2) is 9.20. The van der Waals surface area contributed by atoms with Crippen molar-refractivity contribution in [2.45, 2.75) is 26.2 Å². The standard InChI is InChI=1S/C20H24N2O3S/c1-5-13(2)15-8-6-7-9-16(15)21-20(26)22-19(23)14-10-11-17(24-3)18(12-14)25-4/h6-13H,5H2,1-4H3,(H2,21,22,23,26)/t13-/m0/s1. The quantitative estimate of drug-likeness (QED) is 0.739. The number of amides is 1. The molecule has 1 atom stereocenters. The topological polar surface area (TPSA) is 59.6 Å². The van der Waals surface area contributed by atoms with Gasteiger partial charge < -0.3 is 14.8 Å². The van der Waals surface area contributed by atoms with E-state index in [2.05, 4.69) is 30.5 Å². The van der Waals surface area contributed by atoms with E-state index >= 15 is 0 Å². The molecule has 0 unspecified atom stereocenters. The van der Waals surface area contributed by atoms with E-state index < -0.39 is 0 Å². The van der Waals surface area contributed by atoms with Crippen molar-refractivity contribution in [2.75, 3.05) is 19.5 Å². The van der Waals surface area contributed by atoms with Crippen LogP contribution in [0.4, 0.5) is 5.69 Å². The summed E-state index contributed by atoms with van der Waals surface area (Å²) in [5, 5.41) is 6.07. The van der Waals surface area contributed by atoms with Gasteiger partial charge >= 0.3 is 0 Å². The molecule has 0 aliphatic rings. The molecule has 6 heteroatoms. The van der Waals surface area contributed by atoms with Gasteiger partial charge in [-0.3, -0.25) is 10.1 Å². The van der Waals surface area contributed by atoms with Crippen molar-refractivity contribution in [2.24, 2.45) is 0 Å². The summed E-state index contributed by atoms with van der Waals surface area (Å²) < 4.78 is 10.4. The molecule has 0 saturated heterocycles. The van der Waals surface area contributed by atoms with Crippen LogP contribution in [0, 0.1) is 0 Å². The van der Waals surface area contributed by atoms with Crippen LogP contribution >= 0.6 is 12.2 Å². The van der Waals surface area contributed by atoms with E-state index in [1.807, 2.05) is 18.2 Å². The van der Waals surface area contributed by atoms with Crippen LogP contribution in [0.15, 0.2) is 42.5 Å². The molecular formula is C20H24N2O3S. The number of thiocarbonyl (C=S) groups is 1. The number of para-hydroxylation sites is 1. The number of carbonyl (C=O) groups excluding carboxylic acids is 1. The number of hydrogen-bond donors (Lipinski definition) is 2. The summed E-state index contributed by atoms with van der Waals surface area (Å²) in [6.45, 7) is 4.30. The van der Waals surface area contributed by atoms with Gasteiger partial charge in [0, 0.05) is 11.3 Å². The highest BCUT2D eigenvalue weighted by atomic mass is 32.1. The van der Waals surface area contributed by atoms with Crippen molar-refractivity contribution < 1.29 is 14.3 Å². The fourth-order valence-electron chi connectivity index (χ4n) is 2.57. The molecule has 0 fully saturated rings. The maximum absolute atomic E-state index is 12.5. The molecular weight excluding hydrogens is 348 g/mol. The fourth-order valence-corrected chi connectivity index (χ4v) is 2.77. The first-order valence-corrected chi connectivity index (χ1v) is 8.84. The van der Waals surface area contributed by atoms with E-state index in [0.29, 0.717) is 23.0 Å². The Kier molecular flexibility index (Phi) is 6.97. The lowest BCUT2D eigenvalue weighted by Crippen LogP contribution is -2.34. The second-order valence-corrected chi connectivity index (χ2v) is 6.28. The first-order valence-electron chi connectivity index (χ1n) is 8.43. The number of methoxy groups -OCH3 is 2. The van der Waals surface area contributed by atoms with E-state index in [-0.39, 0.29) is 11.0 Å². The van der Waals surface area contributed by atoms with Crippen molar-refractivity contribution in [3.05, 3.63) is 53.6 Å². The first kappa shape index (κ1) is 19.7. The number of nitrogens with one attached hydrogen (secondary N) is 2. The molecule has 2 rings (SSSR count). The number of benzene rings is 2. The maximum atomic E-state index is 12.5. The molecule has 0 saturated carbocycles. The number of anilines is 1. The van der Waals surface area contributed by atoms with E-state index in [1.165, 1.54) is 7.11 Å². The van der Waals surface area contributed by atoms with E-state index in [0.717, 1.165) is 17.7 Å². The first-order chi connectivity index (χ1) is 12.5. The minimum Gasteiger partial charge on any atom is -0.493 e. The number of carbonyl (C=O) groups is 1. The van der Waals surface area contributed by atoms with Crippen LogP contribution in [-0.2, 0) is 0 Å². The molecule has 0 bridgehead atoms. The Morgan fingerprint density at radius 2 is 1.81 bits per heavy atom. The van der Waals surface area contributed by atoms with Crippen molar-refractivity contribution >= 4 is 28.9 Å². The molecule has 0 heterocycles. The molecule has 2 aromatic rings. The van der Waals surface area contributed by atoms with Gasteiger partial charge in [-0.25, -0.2) is 0 Å². The predicted molar refractivity (Wildman–Crippen MR) is 108 cm³/mol. The molecule has 0 aliphatic heterocycles. The van der Waals surface area contributed by atoms with Crippen LogP contribution in [0.2, 0.25) is 0 Å². The third kappa shape index (κ3) is 4.73. The van der Waals surface area contributed by atoms with E-state index in [1.54, 1.807) is 25.3 Å². The Bertz CT molecular complexity index is 792. The lowest BCUT2D eigenvalue weighted by Gasteiger charge is -2.17. The maximum Gasteiger partial charge on any atom is 0.257 e. The predicted octanol–water partition coefficient (Wildman–Crippen LogP) is 4.34. The van der Waals surface area contributed by atoms with Gasteiger partial charge in [-0.15, -0.1) is 0 Å². The van der Waals surface area contributed by atoms with Crippen LogP contribution in [-0.4, -0.2) is 25.2 Å². The van der Waals surface area contributed by atoms with E-state index in [9.17, 15) is 4.79 Å². The van der Waals surface area contributed by atoms with Crippen molar-refractivity contribution in [3.63, 3.8) is 0 Å². The Hall–Kier alpha value is -2.60. The summed E-state index contributed by atoms with van der Waals surface area (Å²) in [4.78, 5) is 12.5. The lowest BCUT2D eigenvalue weighted by atomic mass is 9.97. The zero-order valence-electron chi connectivity index (χ0n) is 15.5. The zero-order valence-corrected chi connectivity index (χ0v) is 16.3. The largest absolute Gasteiger partial charge is 0.493 e. The summed E-state index contributed by atoms with van der Waals surface area (Å²) in [6, 6.07) is 12.9. The van der Waals surface area contributed by atoms with Crippen LogP contribution < -0.4 is 20.1 Å². The summed E-state index contributed by atoms with van der Waals surface area (Å²) in [5.41, 5.74) is 2.50. The zero-order chi connectivity index (χ0) is 19.1. The Labute approximate surface area is 159 Å². The SMILES string of the molecule is CC[C@H](C)c1ccccc1NC(=S)NC(=O)c1ccc(OC)c(OC)c1. The summed E-state index contributed by atoms with van der Waals surface area (Å²) >= 11 is 5.31. The molecule has 0 aliphatic carbocycles. The smallest absolute Gasteiger partial charge is 0.257 e. The van der Waals surface area contributed by atoms with Crippen molar-refractivity contribution in [1.82, 2.24) is 5.32 Å². The van der Waals surface area contributed by atoms with Gasteiger partial charge in [0.2, 0.25) is 0 Å². The molecule has 2 N–H and O–H groups in total. The number of hydrogen-bond acceptors (Lipinski definition) is 4. The highest BCUT2D eigenvalue weighted by Crippen LogP contribution is 2.28. The van der Waals surface area contributed by atoms with E-state index in [4.69, 9.17) is 21.7 Å². The van der Waals surface area contributed by atoms with Gasteiger partial charge in [-0.1, -0.05) is 32.0 Å². The minimum absolute atomic E-state index is 0.250. The summed E-state index contributed by atoms with van der Waals surface area (Å²) in [5.74, 6) is 1.13. The third-order valence-corrected chi connectivity index (χ3v) is 4.43. The van der Waals surface area contributed by atoms with Gasteiger partial charge in [0.05, 0.1) is 14.2 Å². The molecule has 26 heavy (non-hydrogen) atoms. The van der Waals surface area contributed by atoms with Gasteiger partial charge in [-0.05, 0) is 54.4 Å². The van der Waals surface area contributed by atoms with Crippen LogP contribution in [0.25, 0.3) is 0 Å². The van der Waals surface area contributed by atoms with Crippen LogP contribution in [0.3, 0.4) is 0 Å². The average molecular weight is 372 g/mol. The summed E-state index contributed by atoms with van der Waals surface area (Å²) in [6.07, 6.45) is 1.02. The lowest BCUT2D eigenvalue weighted by molar-refractivity contribution is 0.0977. The van der Waals surface area contributed by atoms with Crippen molar-refractivity contribution in [1.29, 1.82) is 0 Å². The highest BCUT2D eigenvalue weighted by molar-refractivity contribution is 7.80. The Morgan fingerprint density at radius 3 is 2.46 bits per heavy atom. The van der Waals surface area contributed by atoms with Gasteiger partial charge in [0.1, 0.15) is 0 Å². The second-order valence-electron chi connectivity index (χ2n) is 5.87. The van der Waals surface area contributed by atoms with Gasteiger partial charge in [0.25, 0.3) is 5.91 Å². The molecule has 2 aromatic carbocycles. The average Bonchev–Trinajstić information content (AvgIpc) is 2.66. The normalized spacial score (nSPS) is 11.4.